The molecule has 74 valence electrons. The average Bonchev–Trinajstić information content (AvgIpc) is 2.10. The van der Waals surface area contributed by atoms with Gasteiger partial charge in [0.05, 0.1) is 12.6 Å². The first-order chi connectivity index (χ1) is 6.11. The number of likely N-dealkylation sites (N-methyl/N-ethyl adjacent to an activating group) is 1. The Hall–Kier alpha value is -1.01. The Balaban J connectivity index is 4.04. The molecule has 3 heteroatoms. The normalized spacial score (nSPS) is 12.2. The SMILES string of the molecule is C#CCNC(CC(C)C)C(=O)NC. The van der Waals surface area contributed by atoms with Crippen LogP contribution in [-0.2, 0) is 4.79 Å². The summed E-state index contributed by atoms with van der Waals surface area (Å²) in [6.45, 7) is 4.59. The number of hydrogen-bond acceptors (Lipinski definition) is 2. The third kappa shape index (κ3) is 5.26. The van der Waals surface area contributed by atoms with Crippen LogP contribution in [0.2, 0.25) is 0 Å². The molecule has 1 unspecified atom stereocenters. The molecule has 1 atom stereocenters. The molecule has 13 heavy (non-hydrogen) atoms. The average molecular weight is 182 g/mol. The number of carbonyl (C=O) groups excluding carboxylic acids is 1. The van der Waals surface area contributed by atoms with E-state index in [1.165, 1.54) is 0 Å². The molecule has 0 rings (SSSR count). The van der Waals surface area contributed by atoms with Crippen LogP contribution in [0.25, 0.3) is 0 Å². The van der Waals surface area contributed by atoms with E-state index in [2.05, 4.69) is 30.4 Å². The van der Waals surface area contributed by atoms with Gasteiger partial charge in [0, 0.05) is 7.05 Å². The standard InChI is InChI=1S/C10H18N2O/c1-5-6-12-9(7-8(2)3)10(13)11-4/h1,8-9,12H,6-7H2,2-4H3,(H,11,13). The second-order valence-electron chi connectivity index (χ2n) is 3.38. The van der Waals surface area contributed by atoms with Gasteiger partial charge in [0.25, 0.3) is 0 Å². The second kappa shape index (κ2) is 6.50. The van der Waals surface area contributed by atoms with Crippen LogP contribution in [0, 0.1) is 18.3 Å². The van der Waals surface area contributed by atoms with Gasteiger partial charge in [0.1, 0.15) is 0 Å². The lowest BCUT2D eigenvalue weighted by molar-refractivity contribution is -0.123. The summed E-state index contributed by atoms with van der Waals surface area (Å²) in [5.41, 5.74) is 0. The van der Waals surface area contributed by atoms with Gasteiger partial charge in [-0.2, -0.15) is 0 Å². The van der Waals surface area contributed by atoms with Gasteiger partial charge < -0.3 is 5.32 Å². The van der Waals surface area contributed by atoms with Crippen molar-refractivity contribution in [1.82, 2.24) is 10.6 Å². The summed E-state index contributed by atoms with van der Waals surface area (Å²) in [5, 5.41) is 5.61. The van der Waals surface area contributed by atoms with Crippen LogP contribution in [0.5, 0.6) is 0 Å². The lowest BCUT2D eigenvalue weighted by atomic mass is 10.0. The highest BCUT2D eigenvalue weighted by Gasteiger charge is 2.16. The fourth-order valence-corrected chi connectivity index (χ4v) is 1.11. The summed E-state index contributed by atoms with van der Waals surface area (Å²) >= 11 is 0. The molecule has 0 bridgehead atoms. The molecule has 0 aliphatic heterocycles. The molecular formula is C10H18N2O. The van der Waals surface area contributed by atoms with Gasteiger partial charge in [-0.3, -0.25) is 10.1 Å². The van der Waals surface area contributed by atoms with Gasteiger partial charge in [-0.05, 0) is 12.3 Å². The lowest BCUT2D eigenvalue weighted by Gasteiger charge is -2.17. The highest BCUT2D eigenvalue weighted by molar-refractivity contribution is 5.81. The first-order valence-corrected chi connectivity index (χ1v) is 4.50. The Morgan fingerprint density at radius 2 is 2.15 bits per heavy atom. The third-order valence-electron chi connectivity index (χ3n) is 1.72. The number of nitrogens with one attached hydrogen (secondary N) is 2. The van der Waals surface area contributed by atoms with E-state index in [1.54, 1.807) is 7.05 Å². The Morgan fingerprint density at radius 3 is 2.54 bits per heavy atom. The molecule has 0 aromatic heterocycles. The van der Waals surface area contributed by atoms with Crippen molar-refractivity contribution in [3.63, 3.8) is 0 Å². The van der Waals surface area contributed by atoms with Gasteiger partial charge in [-0.1, -0.05) is 19.8 Å². The minimum Gasteiger partial charge on any atom is -0.358 e. The summed E-state index contributed by atoms with van der Waals surface area (Å²) in [6.07, 6.45) is 5.91. The Morgan fingerprint density at radius 1 is 1.54 bits per heavy atom. The first kappa shape index (κ1) is 12.0. The Bertz CT molecular complexity index is 194. The minimum atomic E-state index is -0.166. The predicted molar refractivity (Wildman–Crippen MR) is 54.1 cm³/mol. The first-order valence-electron chi connectivity index (χ1n) is 4.50. The molecule has 0 spiro atoms. The van der Waals surface area contributed by atoms with Crippen molar-refractivity contribution >= 4 is 5.91 Å². The van der Waals surface area contributed by atoms with Gasteiger partial charge in [-0.25, -0.2) is 0 Å². The highest BCUT2D eigenvalue weighted by Crippen LogP contribution is 2.04. The van der Waals surface area contributed by atoms with Gasteiger partial charge in [0.2, 0.25) is 5.91 Å². The van der Waals surface area contributed by atoms with Gasteiger partial charge >= 0.3 is 0 Å². The second-order valence-corrected chi connectivity index (χ2v) is 3.38. The molecular weight excluding hydrogens is 164 g/mol. The number of rotatable bonds is 5. The third-order valence-corrected chi connectivity index (χ3v) is 1.72. The zero-order valence-corrected chi connectivity index (χ0v) is 8.55. The van der Waals surface area contributed by atoms with Crippen LogP contribution in [0.4, 0.5) is 0 Å². The van der Waals surface area contributed by atoms with E-state index >= 15 is 0 Å². The maximum Gasteiger partial charge on any atom is 0.236 e. The van der Waals surface area contributed by atoms with Crippen LogP contribution < -0.4 is 10.6 Å². The number of carbonyl (C=O) groups is 1. The molecule has 0 saturated heterocycles. The number of hydrogen-bond donors (Lipinski definition) is 2. The number of amides is 1. The zero-order valence-electron chi connectivity index (χ0n) is 8.55. The van der Waals surface area contributed by atoms with E-state index in [9.17, 15) is 4.79 Å². The van der Waals surface area contributed by atoms with Crippen molar-refractivity contribution in [2.75, 3.05) is 13.6 Å². The van der Waals surface area contributed by atoms with Crippen molar-refractivity contribution in [3.8, 4) is 12.3 Å². The molecule has 0 aliphatic rings. The fraction of sp³-hybridized carbons (Fsp3) is 0.700. The van der Waals surface area contributed by atoms with Crippen molar-refractivity contribution in [1.29, 1.82) is 0 Å². The Kier molecular flexibility index (Phi) is 5.99. The lowest BCUT2D eigenvalue weighted by Crippen LogP contribution is -2.43. The van der Waals surface area contributed by atoms with E-state index < -0.39 is 0 Å². The zero-order chi connectivity index (χ0) is 10.3. The fourth-order valence-electron chi connectivity index (χ4n) is 1.11. The van der Waals surface area contributed by atoms with E-state index in [1.807, 2.05) is 0 Å². The van der Waals surface area contributed by atoms with Crippen molar-refractivity contribution in [2.45, 2.75) is 26.3 Å². The summed E-state index contributed by atoms with van der Waals surface area (Å²) in [6, 6.07) is -0.166. The van der Waals surface area contributed by atoms with E-state index in [0.717, 1.165) is 6.42 Å². The van der Waals surface area contributed by atoms with Crippen LogP contribution in [0.3, 0.4) is 0 Å². The van der Waals surface area contributed by atoms with E-state index in [4.69, 9.17) is 6.42 Å². The van der Waals surface area contributed by atoms with Gasteiger partial charge in [-0.15, -0.1) is 6.42 Å². The molecule has 0 radical (unpaired) electrons. The molecule has 0 aliphatic carbocycles. The molecule has 0 heterocycles. The van der Waals surface area contributed by atoms with Crippen LogP contribution in [0.1, 0.15) is 20.3 Å². The predicted octanol–water partition coefficient (Wildman–Crippen LogP) is 0.370. The largest absolute Gasteiger partial charge is 0.358 e. The molecule has 0 fully saturated rings. The van der Waals surface area contributed by atoms with E-state index in [-0.39, 0.29) is 11.9 Å². The van der Waals surface area contributed by atoms with E-state index in [0.29, 0.717) is 12.5 Å². The molecule has 0 aromatic rings. The summed E-state index contributed by atoms with van der Waals surface area (Å²) in [5.74, 6) is 2.94. The smallest absolute Gasteiger partial charge is 0.236 e. The summed E-state index contributed by atoms with van der Waals surface area (Å²) in [4.78, 5) is 11.3. The maximum atomic E-state index is 11.3. The quantitative estimate of drug-likeness (QED) is 0.603. The summed E-state index contributed by atoms with van der Waals surface area (Å²) in [7, 11) is 1.63. The monoisotopic (exact) mass is 182 g/mol. The maximum absolute atomic E-state index is 11.3. The Labute approximate surface area is 80.3 Å². The van der Waals surface area contributed by atoms with Crippen LogP contribution >= 0.6 is 0 Å². The molecule has 2 N–H and O–H groups in total. The molecule has 1 amide bonds. The van der Waals surface area contributed by atoms with Crippen molar-refractivity contribution in [3.05, 3.63) is 0 Å². The number of terminal acetylenes is 1. The molecule has 0 saturated carbocycles. The van der Waals surface area contributed by atoms with Crippen LogP contribution in [0.15, 0.2) is 0 Å². The van der Waals surface area contributed by atoms with Crippen LogP contribution in [-0.4, -0.2) is 25.5 Å². The minimum absolute atomic E-state index is 0.00366. The van der Waals surface area contributed by atoms with Crippen molar-refractivity contribution < 1.29 is 4.79 Å². The molecule has 3 nitrogen and oxygen atoms in total. The topological polar surface area (TPSA) is 41.1 Å². The van der Waals surface area contributed by atoms with Crippen molar-refractivity contribution in [2.24, 2.45) is 5.92 Å². The van der Waals surface area contributed by atoms with Gasteiger partial charge in [0.15, 0.2) is 0 Å². The molecule has 0 aromatic carbocycles. The summed E-state index contributed by atoms with van der Waals surface area (Å²) < 4.78 is 0. The highest BCUT2D eigenvalue weighted by atomic mass is 16.2.